The van der Waals surface area contributed by atoms with E-state index in [0.717, 1.165) is 4.90 Å². The summed E-state index contributed by atoms with van der Waals surface area (Å²) >= 11 is 0. The summed E-state index contributed by atoms with van der Waals surface area (Å²) in [6.45, 7) is -1.94. The first-order valence-corrected chi connectivity index (χ1v) is 8.41. The highest BCUT2D eigenvalue weighted by molar-refractivity contribution is 5.60. The number of likely N-dealkylation sites (tertiary alicyclic amines) is 1. The molecule has 2 heterocycles. The number of alkyl halides is 6. The Morgan fingerprint density at radius 1 is 1.07 bits per heavy atom. The number of ether oxygens (including phenoxy) is 2. The van der Waals surface area contributed by atoms with Gasteiger partial charge in [-0.05, 0) is 31.2 Å². The maximum absolute atomic E-state index is 13.2. The van der Waals surface area contributed by atoms with Gasteiger partial charge in [-0.3, -0.25) is 4.90 Å². The second kappa shape index (κ2) is 7.39. The predicted octanol–water partition coefficient (Wildman–Crippen LogP) is 4.07. The van der Waals surface area contributed by atoms with E-state index < -0.39 is 37.3 Å². The summed E-state index contributed by atoms with van der Waals surface area (Å²) in [5.74, 6) is 0.900. The van der Waals surface area contributed by atoms with Gasteiger partial charge < -0.3 is 14.0 Å². The number of halogens is 6. The Kier molecular flexibility index (Phi) is 5.41. The van der Waals surface area contributed by atoms with E-state index in [1.54, 1.807) is 18.2 Å². The second-order valence-corrected chi connectivity index (χ2v) is 6.62. The van der Waals surface area contributed by atoms with Gasteiger partial charge in [0.05, 0.1) is 20.8 Å². The quantitative estimate of drug-likeness (QED) is 0.674. The maximum atomic E-state index is 13.2. The fourth-order valence-electron chi connectivity index (χ4n) is 3.25. The van der Waals surface area contributed by atoms with Crippen LogP contribution in [0.15, 0.2) is 22.7 Å². The summed E-state index contributed by atoms with van der Waals surface area (Å²) in [7, 11) is 2.90. The lowest BCUT2D eigenvalue weighted by Gasteiger charge is -2.33. The van der Waals surface area contributed by atoms with Crippen LogP contribution in [0.5, 0.6) is 11.5 Å². The molecule has 0 N–H and O–H groups in total. The van der Waals surface area contributed by atoms with Crippen molar-refractivity contribution in [3.8, 4) is 22.9 Å². The van der Waals surface area contributed by atoms with Gasteiger partial charge >= 0.3 is 12.4 Å². The third-order valence-electron chi connectivity index (χ3n) is 4.90. The van der Waals surface area contributed by atoms with Crippen LogP contribution in [0.1, 0.15) is 12.3 Å². The molecule has 0 unspecified atom stereocenters. The third kappa shape index (κ3) is 3.85. The number of nitrogens with zero attached hydrogens (tertiary/aromatic N) is 3. The number of hydrogen-bond acceptors (Lipinski definition) is 6. The minimum absolute atomic E-state index is 0.0880. The van der Waals surface area contributed by atoms with Crippen molar-refractivity contribution in [1.82, 2.24) is 15.0 Å². The standard InChI is InChI=1S/C17H17F6N3O3/c1-27-11-4-3-10(7-12(11)28-2)14-24-13(29-25-14)8-26-6-5-15(9-26,16(18,19)20)17(21,22)23/h3-4,7H,5-6,8-9H2,1-2H3. The Morgan fingerprint density at radius 2 is 1.72 bits per heavy atom. The zero-order chi connectivity index (χ0) is 21.4. The maximum Gasteiger partial charge on any atom is 0.404 e. The van der Waals surface area contributed by atoms with Crippen molar-refractivity contribution in [1.29, 1.82) is 0 Å². The SMILES string of the molecule is COc1ccc(-c2noc(CN3CCC(C(F)(F)F)(C(F)(F)F)C3)n2)cc1OC. The van der Waals surface area contributed by atoms with E-state index in [1.165, 1.54) is 14.2 Å². The number of aromatic nitrogens is 2. The number of benzene rings is 1. The van der Waals surface area contributed by atoms with Gasteiger partial charge in [0.15, 0.2) is 16.9 Å². The summed E-state index contributed by atoms with van der Waals surface area (Å²) in [5, 5.41) is 3.74. The van der Waals surface area contributed by atoms with Crippen molar-refractivity contribution in [2.45, 2.75) is 25.3 Å². The zero-order valence-electron chi connectivity index (χ0n) is 15.4. The molecule has 1 saturated heterocycles. The van der Waals surface area contributed by atoms with Gasteiger partial charge in [-0.1, -0.05) is 5.16 Å². The Hall–Kier alpha value is -2.50. The van der Waals surface area contributed by atoms with Gasteiger partial charge in [-0.25, -0.2) is 0 Å². The minimum Gasteiger partial charge on any atom is -0.493 e. The minimum atomic E-state index is -5.40. The molecule has 160 valence electrons. The monoisotopic (exact) mass is 425 g/mol. The average molecular weight is 425 g/mol. The van der Waals surface area contributed by atoms with Crippen molar-refractivity contribution >= 4 is 0 Å². The van der Waals surface area contributed by atoms with Gasteiger partial charge in [0.2, 0.25) is 11.7 Å². The van der Waals surface area contributed by atoms with Crippen LogP contribution in [0.25, 0.3) is 11.4 Å². The van der Waals surface area contributed by atoms with Crippen molar-refractivity contribution < 1.29 is 40.3 Å². The first-order chi connectivity index (χ1) is 13.5. The molecule has 0 bridgehead atoms. The van der Waals surface area contributed by atoms with E-state index in [4.69, 9.17) is 14.0 Å². The van der Waals surface area contributed by atoms with E-state index in [-0.39, 0.29) is 18.3 Å². The summed E-state index contributed by atoms with van der Waals surface area (Å²) in [6.07, 6.45) is -11.9. The summed E-state index contributed by atoms with van der Waals surface area (Å²) in [6, 6.07) is 4.79. The van der Waals surface area contributed by atoms with Crippen molar-refractivity contribution in [2.24, 2.45) is 5.41 Å². The van der Waals surface area contributed by atoms with Crippen molar-refractivity contribution in [3.63, 3.8) is 0 Å². The average Bonchev–Trinajstić information content (AvgIpc) is 3.28. The molecule has 1 aliphatic heterocycles. The molecule has 6 nitrogen and oxygen atoms in total. The molecule has 29 heavy (non-hydrogen) atoms. The van der Waals surface area contributed by atoms with Gasteiger partial charge in [-0.15, -0.1) is 0 Å². The highest BCUT2D eigenvalue weighted by atomic mass is 19.4. The van der Waals surface area contributed by atoms with Gasteiger partial charge in [0, 0.05) is 12.1 Å². The molecular formula is C17H17F6N3O3. The molecule has 0 amide bonds. The van der Waals surface area contributed by atoms with Crippen molar-refractivity contribution in [3.05, 3.63) is 24.1 Å². The van der Waals surface area contributed by atoms with Crippen molar-refractivity contribution in [2.75, 3.05) is 27.3 Å². The first kappa shape index (κ1) is 21.2. The Labute approximate surface area is 161 Å². The molecule has 1 fully saturated rings. The second-order valence-electron chi connectivity index (χ2n) is 6.62. The Morgan fingerprint density at radius 3 is 2.28 bits per heavy atom. The van der Waals surface area contributed by atoms with Crippen LogP contribution in [-0.4, -0.2) is 54.7 Å². The normalized spacial score (nSPS) is 17.5. The van der Waals surface area contributed by atoms with Crippen LogP contribution in [0, 0.1) is 5.41 Å². The fourth-order valence-corrected chi connectivity index (χ4v) is 3.25. The molecule has 0 radical (unpaired) electrons. The Bertz CT molecular complexity index is 851. The van der Waals surface area contributed by atoms with E-state index in [9.17, 15) is 26.3 Å². The highest BCUT2D eigenvalue weighted by Gasteiger charge is 2.72. The fraction of sp³-hybridized carbons (Fsp3) is 0.529. The molecule has 0 aliphatic carbocycles. The van der Waals surface area contributed by atoms with E-state index in [2.05, 4.69) is 10.1 Å². The third-order valence-corrected chi connectivity index (χ3v) is 4.90. The largest absolute Gasteiger partial charge is 0.493 e. The topological polar surface area (TPSA) is 60.6 Å². The molecule has 12 heteroatoms. The number of rotatable bonds is 5. The number of methoxy groups -OCH3 is 2. The van der Waals surface area contributed by atoms with Crippen LogP contribution < -0.4 is 9.47 Å². The highest BCUT2D eigenvalue weighted by Crippen LogP contribution is 2.55. The van der Waals surface area contributed by atoms with Crippen LogP contribution >= 0.6 is 0 Å². The molecule has 1 aliphatic rings. The lowest BCUT2D eigenvalue weighted by atomic mass is 9.85. The summed E-state index contributed by atoms with van der Waals surface area (Å²) in [5.41, 5.74) is -3.27. The van der Waals surface area contributed by atoms with Crippen LogP contribution in [0.2, 0.25) is 0 Å². The van der Waals surface area contributed by atoms with Gasteiger partial charge in [-0.2, -0.15) is 31.3 Å². The van der Waals surface area contributed by atoms with E-state index in [0.29, 0.717) is 17.1 Å². The summed E-state index contributed by atoms with van der Waals surface area (Å²) in [4.78, 5) is 5.08. The molecule has 1 aromatic heterocycles. The van der Waals surface area contributed by atoms with Crippen LogP contribution in [0.4, 0.5) is 26.3 Å². The van der Waals surface area contributed by atoms with Gasteiger partial charge in [0.1, 0.15) is 0 Å². The molecule has 3 rings (SSSR count). The molecular weight excluding hydrogens is 408 g/mol. The van der Waals surface area contributed by atoms with E-state index >= 15 is 0 Å². The molecule has 1 aromatic carbocycles. The zero-order valence-corrected chi connectivity index (χ0v) is 15.4. The lowest BCUT2D eigenvalue weighted by Crippen LogP contribution is -2.51. The van der Waals surface area contributed by atoms with Crippen LogP contribution in [0.3, 0.4) is 0 Å². The van der Waals surface area contributed by atoms with Crippen LogP contribution in [-0.2, 0) is 6.54 Å². The van der Waals surface area contributed by atoms with E-state index in [1.807, 2.05) is 0 Å². The lowest BCUT2D eigenvalue weighted by molar-refractivity contribution is -0.335. The predicted molar refractivity (Wildman–Crippen MR) is 87.3 cm³/mol. The smallest absolute Gasteiger partial charge is 0.404 e. The Balaban J connectivity index is 1.76. The molecule has 2 aromatic rings. The van der Waals surface area contributed by atoms with Gasteiger partial charge in [0.25, 0.3) is 0 Å². The molecule has 0 atom stereocenters. The molecule has 0 spiro atoms. The summed E-state index contributed by atoms with van der Waals surface area (Å²) < 4.78 is 94.3. The molecule has 0 saturated carbocycles. The number of hydrogen-bond donors (Lipinski definition) is 0. The first-order valence-electron chi connectivity index (χ1n) is 8.41.